The highest BCUT2D eigenvalue weighted by Gasteiger charge is 2.50. The fraction of sp³-hybridized carbons (Fsp3) is 0.500. The van der Waals surface area contributed by atoms with Crippen molar-refractivity contribution in [1.29, 1.82) is 0 Å². The third-order valence-electron chi connectivity index (χ3n) is 16.9. The molecule has 17 heteroatoms. The molecule has 10 rings (SSSR count). The number of nitrogens with zero attached hydrogens (tertiary/aromatic N) is 5. The Morgan fingerprint density at radius 1 is 0.959 bits per heavy atom. The van der Waals surface area contributed by atoms with E-state index in [0.717, 1.165) is 74.6 Å². The number of imide groups is 1. The van der Waals surface area contributed by atoms with E-state index in [2.05, 4.69) is 50.8 Å². The van der Waals surface area contributed by atoms with Gasteiger partial charge in [-0.1, -0.05) is 54.9 Å². The molecule has 73 heavy (non-hydrogen) atoms. The maximum absolute atomic E-state index is 16.5. The number of carbonyl (C=O) groups excluding carboxylic acids is 3. The molecule has 14 nitrogen and oxygen atoms in total. The number of halogens is 3. The van der Waals surface area contributed by atoms with E-state index in [1.807, 2.05) is 49.0 Å². The number of benzene rings is 4. The van der Waals surface area contributed by atoms with E-state index in [1.54, 1.807) is 4.90 Å². The molecule has 0 bridgehead atoms. The number of piperidine rings is 1. The summed E-state index contributed by atoms with van der Waals surface area (Å²) in [6, 6.07) is 21.0. The fourth-order valence-corrected chi connectivity index (χ4v) is 13.0. The van der Waals surface area contributed by atoms with Crippen LogP contribution in [0.4, 0.5) is 19.4 Å². The van der Waals surface area contributed by atoms with Crippen LogP contribution >= 0.6 is 11.6 Å². The van der Waals surface area contributed by atoms with E-state index in [1.165, 1.54) is 49.4 Å². The Bertz CT molecular complexity index is 2860. The zero-order valence-electron chi connectivity index (χ0n) is 42.0. The molecule has 2 unspecified atom stereocenters. The number of aliphatic hydroxyl groups is 1. The number of aliphatic hydroxyl groups excluding tert-OH is 1. The summed E-state index contributed by atoms with van der Waals surface area (Å²) in [5, 5.41) is 20.9. The molecular weight excluding hydrogens is 954 g/mol. The number of fused-ring (bicyclic) bond motifs is 2. The van der Waals surface area contributed by atoms with Gasteiger partial charge in [0.1, 0.15) is 18.2 Å². The van der Waals surface area contributed by atoms with E-state index in [9.17, 15) is 19.5 Å². The van der Waals surface area contributed by atoms with Gasteiger partial charge in [0.05, 0.1) is 22.7 Å². The third-order valence-corrected chi connectivity index (χ3v) is 17.3. The molecule has 0 radical (unpaired) electrons. The molecule has 5 aliphatic rings. The topological polar surface area (TPSA) is 168 Å². The maximum Gasteiger partial charge on any atom is 0.329 e. The summed E-state index contributed by atoms with van der Waals surface area (Å²) in [6.07, 6.45) is 11.5. The van der Waals surface area contributed by atoms with Crippen molar-refractivity contribution in [2.45, 2.75) is 113 Å². The average Bonchev–Trinajstić information content (AvgIpc) is 3.88. The molecule has 1 aromatic heterocycles. The van der Waals surface area contributed by atoms with E-state index < -0.39 is 35.1 Å². The number of carbonyl (C=O) groups is 3. The van der Waals surface area contributed by atoms with Crippen molar-refractivity contribution in [3.8, 4) is 22.6 Å². The van der Waals surface area contributed by atoms with Gasteiger partial charge in [0.15, 0.2) is 23.0 Å². The van der Waals surface area contributed by atoms with Gasteiger partial charge in [-0.05, 0) is 132 Å². The Hall–Kier alpha value is -5.65. The van der Waals surface area contributed by atoms with E-state index in [0.29, 0.717) is 48.4 Å². The number of hydrogen-bond acceptors (Lipinski definition) is 10. The van der Waals surface area contributed by atoms with Crippen LogP contribution in [0.1, 0.15) is 116 Å². The minimum Gasteiger partial charge on any atom is -0.488 e. The van der Waals surface area contributed by atoms with E-state index in [4.69, 9.17) is 26.8 Å². The van der Waals surface area contributed by atoms with Crippen molar-refractivity contribution >= 4 is 46.2 Å². The smallest absolute Gasteiger partial charge is 0.329 e. The van der Waals surface area contributed by atoms with Gasteiger partial charge in [-0.2, -0.15) is 5.10 Å². The van der Waals surface area contributed by atoms with Gasteiger partial charge in [0.2, 0.25) is 11.8 Å². The zero-order chi connectivity index (χ0) is 51.1. The van der Waals surface area contributed by atoms with Crippen LogP contribution in [0.3, 0.4) is 0 Å². The number of rotatable bonds is 15. The second kappa shape index (κ2) is 21.3. The number of anilines is 1. The molecule has 2 aliphatic carbocycles. The lowest BCUT2D eigenvalue weighted by Crippen LogP contribution is -2.50. The molecule has 388 valence electrons. The first-order chi connectivity index (χ1) is 35.2. The highest BCUT2D eigenvalue weighted by molar-refractivity contribution is 6.34. The van der Waals surface area contributed by atoms with Crippen molar-refractivity contribution in [3.63, 3.8) is 0 Å². The lowest BCUT2D eigenvalue weighted by Gasteiger charge is -2.43. The number of aryl methyl sites for hydroxylation is 1. The van der Waals surface area contributed by atoms with Crippen LogP contribution in [0, 0.1) is 17.6 Å². The third kappa shape index (κ3) is 9.93. The van der Waals surface area contributed by atoms with E-state index >= 15 is 8.78 Å². The zero-order valence-corrected chi connectivity index (χ0v) is 42.7. The number of urea groups is 1. The van der Waals surface area contributed by atoms with Crippen LogP contribution < -0.4 is 30.7 Å². The van der Waals surface area contributed by atoms with Gasteiger partial charge in [0, 0.05) is 85.3 Å². The standard InChI is InChI=1S/C56H67ClF2N8O6/c1-33-48-46(30-43(58)51(57)50(48)49-42(53(60)70)19-20-45(52(49)59)72-28-27-68)73-56(33,37-7-5-4-6-8-37)32-61-38-12-16-40(17-13-38)64(2)39-14-9-34(10-15-39)31-66-24-21-35(22-25-66)36-11-18-41-44(29-36)65(3)63-54(41)67-26-23-47(69)62-55(67)71/h4-8,11,18-20,29-30,33-35,38-40,61,68H,9-10,12-17,21-28,31-32H2,1-3H3,(H2,60,70)(H,62,69,71). The highest BCUT2D eigenvalue weighted by Crippen LogP contribution is 2.56. The summed E-state index contributed by atoms with van der Waals surface area (Å²) >= 11 is 6.75. The molecule has 2 saturated carbocycles. The molecule has 4 amide bonds. The van der Waals surface area contributed by atoms with Crippen molar-refractivity contribution in [1.82, 2.24) is 30.2 Å². The first-order valence-corrected chi connectivity index (χ1v) is 26.5. The lowest BCUT2D eigenvalue weighted by molar-refractivity contribution is -0.120. The number of ether oxygens (including phenoxy) is 2. The van der Waals surface area contributed by atoms with Gasteiger partial charge in [-0.15, -0.1) is 0 Å². The highest BCUT2D eigenvalue weighted by atomic mass is 35.5. The first-order valence-electron chi connectivity index (χ1n) is 26.1. The van der Waals surface area contributed by atoms with Crippen LogP contribution in [-0.2, 0) is 17.4 Å². The SMILES string of the molecule is CC1c2c(cc(F)c(Cl)c2-c2c(C(N)=O)ccc(OCCO)c2F)OC1(CNC1CCC(N(C)C2CCC(CN3CCC(c4ccc5c(N6CCC(=O)NC6=O)nn(C)c5c4)CC3)CC2)CC1)c1ccccc1. The number of aromatic nitrogens is 2. The molecule has 5 N–H and O–H groups in total. The van der Waals surface area contributed by atoms with Gasteiger partial charge in [0.25, 0.3) is 0 Å². The van der Waals surface area contributed by atoms with Gasteiger partial charge in [-0.3, -0.25) is 24.5 Å². The van der Waals surface area contributed by atoms with Gasteiger partial charge < -0.3 is 35.4 Å². The number of nitrogens with two attached hydrogens (primary N) is 1. The average molecular weight is 1020 g/mol. The molecule has 0 spiro atoms. The molecule has 2 saturated heterocycles. The summed E-state index contributed by atoms with van der Waals surface area (Å²) in [5.41, 5.74) is 7.92. The number of hydrogen-bond donors (Lipinski definition) is 4. The van der Waals surface area contributed by atoms with Gasteiger partial charge in [-0.25, -0.2) is 13.6 Å². The number of amides is 4. The Morgan fingerprint density at radius 3 is 2.36 bits per heavy atom. The second-order valence-electron chi connectivity index (χ2n) is 21.1. The Kier molecular flexibility index (Phi) is 14.8. The fourth-order valence-electron chi connectivity index (χ4n) is 12.8. The van der Waals surface area contributed by atoms with Crippen LogP contribution in [0.2, 0.25) is 5.02 Å². The Labute approximate surface area is 430 Å². The van der Waals surface area contributed by atoms with Crippen molar-refractivity contribution in [2.24, 2.45) is 18.7 Å². The van der Waals surface area contributed by atoms with Crippen molar-refractivity contribution in [2.75, 3.05) is 57.9 Å². The summed E-state index contributed by atoms with van der Waals surface area (Å²) < 4.78 is 46.6. The summed E-state index contributed by atoms with van der Waals surface area (Å²) in [5.74, 6) is -1.68. The van der Waals surface area contributed by atoms with Crippen molar-refractivity contribution < 1.29 is 37.7 Å². The molecule has 2 atom stereocenters. The molecule has 4 fully saturated rings. The Morgan fingerprint density at radius 2 is 1.67 bits per heavy atom. The summed E-state index contributed by atoms with van der Waals surface area (Å²) in [4.78, 5) is 44.0. The molecule has 5 aromatic rings. The van der Waals surface area contributed by atoms with E-state index in [-0.39, 0.29) is 64.8 Å². The summed E-state index contributed by atoms with van der Waals surface area (Å²) in [7, 11) is 4.23. The lowest BCUT2D eigenvalue weighted by atomic mass is 9.77. The monoisotopic (exact) mass is 1020 g/mol. The molecule has 4 aromatic carbocycles. The maximum atomic E-state index is 16.5. The van der Waals surface area contributed by atoms with Gasteiger partial charge >= 0.3 is 6.03 Å². The Balaban J connectivity index is 0.730. The van der Waals surface area contributed by atoms with Crippen LogP contribution in [-0.4, -0.2) is 114 Å². The largest absolute Gasteiger partial charge is 0.488 e. The normalized spacial score (nSPS) is 25.0. The molecule has 3 aliphatic heterocycles. The predicted octanol–water partition coefficient (Wildman–Crippen LogP) is 8.75. The number of likely N-dealkylation sites (tertiary alicyclic amines) is 1. The minimum absolute atomic E-state index is 0.0124. The van der Waals surface area contributed by atoms with Crippen LogP contribution in [0.15, 0.2) is 66.7 Å². The number of primary amides is 1. The number of nitrogens with one attached hydrogen (secondary N) is 2. The van der Waals surface area contributed by atoms with Crippen LogP contribution in [0.25, 0.3) is 22.0 Å². The minimum atomic E-state index is -1.03. The molecule has 4 heterocycles. The quantitative estimate of drug-likeness (QED) is 0.0797. The first kappa shape index (κ1) is 50.9. The van der Waals surface area contributed by atoms with Crippen molar-refractivity contribution in [3.05, 3.63) is 106 Å². The second-order valence-corrected chi connectivity index (χ2v) is 21.4. The van der Waals surface area contributed by atoms with Crippen LogP contribution in [0.5, 0.6) is 11.5 Å². The molecular formula is C56H67ClF2N8O6. The summed E-state index contributed by atoms with van der Waals surface area (Å²) in [6.45, 7) is 5.45. The predicted molar refractivity (Wildman–Crippen MR) is 277 cm³/mol.